The summed E-state index contributed by atoms with van der Waals surface area (Å²) in [6, 6.07) is 4.28. The van der Waals surface area contributed by atoms with Gasteiger partial charge in [-0.2, -0.15) is 4.98 Å². The first kappa shape index (κ1) is 12.7. The predicted molar refractivity (Wildman–Crippen MR) is 75.8 cm³/mol. The summed E-state index contributed by atoms with van der Waals surface area (Å²) in [5.41, 5.74) is 1.81. The summed E-state index contributed by atoms with van der Waals surface area (Å²) in [5, 5.41) is 0. The molecular formula is C14H18ClN3O. The third kappa shape index (κ3) is 2.29. The molecule has 0 unspecified atom stereocenters. The summed E-state index contributed by atoms with van der Waals surface area (Å²) >= 11 is 6.05. The fourth-order valence-corrected chi connectivity index (χ4v) is 3.12. The molecule has 0 aromatic carbocycles. The zero-order chi connectivity index (χ0) is 13.2. The molecule has 0 bridgehead atoms. The Kier molecular flexibility index (Phi) is 3.60. The van der Waals surface area contributed by atoms with E-state index in [1.807, 2.05) is 12.1 Å². The maximum atomic E-state index is 6.05. The van der Waals surface area contributed by atoms with Gasteiger partial charge in [0.2, 0.25) is 5.88 Å². The Morgan fingerprint density at radius 3 is 2.74 bits per heavy atom. The Balaban J connectivity index is 2.12. The van der Waals surface area contributed by atoms with Gasteiger partial charge in [0.25, 0.3) is 0 Å². The average molecular weight is 280 g/mol. The van der Waals surface area contributed by atoms with Crippen molar-refractivity contribution in [2.45, 2.75) is 44.0 Å². The molecule has 1 fully saturated rings. The normalized spacial score (nSPS) is 16.9. The number of alkyl halides is 1. The highest BCUT2D eigenvalue weighted by Crippen LogP contribution is 2.32. The molecule has 102 valence electrons. The van der Waals surface area contributed by atoms with Gasteiger partial charge in [-0.25, -0.2) is 4.98 Å². The number of methoxy groups -OCH3 is 1. The van der Waals surface area contributed by atoms with Crippen molar-refractivity contribution in [3.8, 4) is 5.88 Å². The monoisotopic (exact) mass is 279 g/mol. The molecule has 1 saturated carbocycles. The molecule has 0 spiro atoms. The summed E-state index contributed by atoms with van der Waals surface area (Å²) in [5.74, 6) is 1.98. The highest BCUT2D eigenvalue weighted by atomic mass is 35.5. The van der Waals surface area contributed by atoms with Gasteiger partial charge in [-0.1, -0.05) is 19.3 Å². The van der Waals surface area contributed by atoms with Gasteiger partial charge in [0.05, 0.1) is 13.0 Å². The van der Waals surface area contributed by atoms with Crippen molar-refractivity contribution in [3.05, 3.63) is 18.0 Å². The standard InChI is InChI=1S/C14H18ClN3O/c1-19-13-8-7-11-14(17-13)18(12(9-15)16-11)10-5-3-2-4-6-10/h7-8,10H,2-6,9H2,1H3. The summed E-state index contributed by atoms with van der Waals surface area (Å²) in [4.78, 5) is 9.15. The fourth-order valence-electron chi connectivity index (χ4n) is 2.93. The van der Waals surface area contributed by atoms with E-state index in [9.17, 15) is 0 Å². The molecule has 1 aliphatic carbocycles. The lowest BCUT2D eigenvalue weighted by Crippen LogP contribution is -2.15. The van der Waals surface area contributed by atoms with Gasteiger partial charge in [-0.3, -0.25) is 0 Å². The van der Waals surface area contributed by atoms with Crippen LogP contribution >= 0.6 is 11.6 Å². The first-order valence-corrected chi connectivity index (χ1v) is 7.34. The van der Waals surface area contributed by atoms with E-state index in [1.165, 1.54) is 32.1 Å². The number of nitrogens with zero attached hydrogens (tertiary/aromatic N) is 3. The number of hydrogen-bond acceptors (Lipinski definition) is 3. The smallest absolute Gasteiger partial charge is 0.215 e. The van der Waals surface area contributed by atoms with Crippen molar-refractivity contribution in [2.24, 2.45) is 0 Å². The topological polar surface area (TPSA) is 39.9 Å². The third-order valence-electron chi connectivity index (χ3n) is 3.85. The second-order valence-electron chi connectivity index (χ2n) is 5.02. The van der Waals surface area contributed by atoms with Crippen LogP contribution in [0, 0.1) is 0 Å². The van der Waals surface area contributed by atoms with Crippen LogP contribution in [-0.2, 0) is 5.88 Å². The van der Waals surface area contributed by atoms with Crippen molar-refractivity contribution in [2.75, 3.05) is 7.11 Å². The molecular weight excluding hydrogens is 262 g/mol. The highest BCUT2D eigenvalue weighted by molar-refractivity contribution is 6.16. The minimum Gasteiger partial charge on any atom is -0.481 e. The van der Waals surface area contributed by atoms with E-state index in [1.54, 1.807) is 7.11 Å². The second-order valence-corrected chi connectivity index (χ2v) is 5.29. The Bertz CT molecular complexity index is 575. The predicted octanol–water partition coefficient (Wildman–Crippen LogP) is 3.68. The summed E-state index contributed by atoms with van der Waals surface area (Å²) in [6.07, 6.45) is 6.25. The van der Waals surface area contributed by atoms with E-state index >= 15 is 0 Å². The Hall–Kier alpha value is -1.29. The van der Waals surface area contributed by atoms with Gasteiger partial charge in [-0.05, 0) is 18.9 Å². The Morgan fingerprint density at radius 2 is 2.05 bits per heavy atom. The van der Waals surface area contributed by atoms with Gasteiger partial charge in [0, 0.05) is 12.1 Å². The van der Waals surface area contributed by atoms with E-state index in [4.69, 9.17) is 16.3 Å². The molecule has 2 aromatic heterocycles. The van der Waals surface area contributed by atoms with Crippen LogP contribution in [0.3, 0.4) is 0 Å². The Morgan fingerprint density at radius 1 is 1.26 bits per heavy atom. The lowest BCUT2D eigenvalue weighted by Gasteiger charge is -2.24. The van der Waals surface area contributed by atoms with Crippen LogP contribution < -0.4 is 4.74 Å². The van der Waals surface area contributed by atoms with Crippen molar-refractivity contribution in [1.29, 1.82) is 0 Å². The summed E-state index contributed by atoms with van der Waals surface area (Å²) < 4.78 is 7.45. The van der Waals surface area contributed by atoms with Crippen LogP contribution in [0.1, 0.15) is 44.0 Å². The van der Waals surface area contributed by atoms with Crippen LogP contribution in [0.4, 0.5) is 0 Å². The molecule has 4 nitrogen and oxygen atoms in total. The number of fused-ring (bicyclic) bond motifs is 1. The number of aromatic nitrogens is 3. The Labute approximate surface area is 117 Å². The van der Waals surface area contributed by atoms with E-state index in [0.717, 1.165) is 17.0 Å². The average Bonchev–Trinajstić information content (AvgIpc) is 2.85. The van der Waals surface area contributed by atoms with E-state index < -0.39 is 0 Å². The molecule has 0 N–H and O–H groups in total. The van der Waals surface area contributed by atoms with Crippen molar-refractivity contribution in [3.63, 3.8) is 0 Å². The summed E-state index contributed by atoms with van der Waals surface area (Å²) in [6.45, 7) is 0. The molecule has 0 aliphatic heterocycles. The molecule has 2 heterocycles. The molecule has 0 saturated heterocycles. The molecule has 0 atom stereocenters. The maximum Gasteiger partial charge on any atom is 0.215 e. The van der Waals surface area contributed by atoms with Crippen molar-refractivity contribution < 1.29 is 4.74 Å². The molecule has 5 heteroatoms. The third-order valence-corrected chi connectivity index (χ3v) is 4.09. The molecule has 0 amide bonds. The number of ether oxygens (including phenoxy) is 1. The van der Waals surface area contributed by atoms with Gasteiger partial charge in [0.1, 0.15) is 11.3 Å². The fraction of sp³-hybridized carbons (Fsp3) is 0.571. The molecule has 2 aromatic rings. The first-order chi connectivity index (χ1) is 9.33. The molecule has 19 heavy (non-hydrogen) atoms. The van der Waals surface area contributed by atoms with Crippen molar-refractivity contribution in [1.82, 2.24) is 14.5 Å². The van der Waals surface area contributed by atoms with Crippen LogP contribution in [0.25, 0.3) is 11.2 Å². The zero-order valence-electron chi connectivity index (χ0n) is 11.1. The second kappa shape index (κ2) is 5.37. The maximum absolute atomic E-state index is 6.05. The molecule has 1 aliphatic rings. The van der Waals surface area contributed by atoms with Gasteiger partial charge < -0.3 is 9.30 Å². The molecule has 0 radical (unpaired) electrons. The number of halogens is 1. The first-order valence-electron chi connectivity index (χ1n) is 6.81. The van der Waals surface area contributed by atoms with Crippen molar-refractivity contribution >= 4 is 22.8 Å². The summed E-state index contributed by atoms with van der Waals surface area (Å²) in [7, 11) is 1.64. The van der Waals surface area contributed by atoms with E-state index in [0.29, 0.717) is 17.8 Å². The van der Waals surface area contributed by atoms with Gasteiger partial charge in [-0.15, -0.1) is 11.6 Å². The van der Waals surface area contributed by atoms with Crippen LogP contribution in [-0.4, -0.2) is 21.6 Å². The van der Waals surface area contributed by atoms with Crippen LogP contribution in [0.2, 0.25) is 0 Å². The number of hydrogen-bond donors (Lipinski definition) is 0. The largest absolute Gasteiger partial charge is 0.481 e. The highest BCUT2D eigenvalue weighted by Gasteiger charge is 2.22. The van der Waals surface area contributed by atoms with Gasteiger partial charge >= 0.3 is 0 Å². The number of rotatable bonds is 3. The minimum atomic E-state index is 0.426. The lowest BCUT2D eigenvalue weighted by molar-refractivity contribution is 0.351. The van der Waals surface area contributed by atoms with E-state index in [2.05, 4.69) is 14.5 Å². The quantitative estimate of drug-likeness (QED) is 0.805. The number of pyridine rings is 1. The van der Waals surface area contributed by atoms with Gasteiger partial charge in [0.15, 0.2) is 5.65 Å². The van der Waals surface area contributed by atoms with Crippen LogP contribution in [0.5, 0.6) is 5.88 Å². The SMILES string of the molecule is COc1ccc2nc(CCl)n(C3CCCCC3)c2n1. The molecule has 3 rings (SSSR count). The van der Waals surface area contributed by atoms with Crippen LogP contribution in [0.15, 0.2) is 12.1 Å². The van der Waals surface area contributed by atoms with E-state index in [-0.39, 0.29) is 0 Å². The zero-order valence-corrected chi connectivity index (χ0v) is 11.9. The lowest BCUT2D eigenvalue weighted by atomic mass is 9.95. The minimum absolute atomic E-state index is 0.426. The number of imidazole rings is 1.